The van der Waals surface area contributed by atoms with Crippen LogP contribution in [0.25, 0.3) is 0 Å². The Balaban J connectivity index is 2.39. The molecule has 4 nitrogen and oxygen atoms in total. The molecule has 0 saturated heterocycles. The molecule has 0 fully saturated rings. The van der Waals surface area contributed by atoms with Gasteiger partial charge in [-0.3, -0.25) is 0 Å². The summed E-state index contributed by atoms with van der Waals surface area (Å²) in [5.74, 6) is 0.0482. The van der Waals surface area contributed by atoms with E-state index in [1.807, 2.05) is 12.1 Å². The van der Waals surface area contributed by atoms with Gasteiger partial charge in [0.05, 0.1) is 6.61 Å². The van der Waals surface area contributed by atoms with Crippen molar-refractivity contribution in [2.45, 2.75) is 6.61 Å². The summed E-state index contributed by atoms with van der Waals surface area (Å²) >= 11 is 5.77. The van der Waals surface area contributed by atoms with E-state index in [0.717, 1.165) is 5.56 Å². The van der Waals surface area contributed by atoms with Crippen LogP contribution < -0.4 is 5.73 Å². The molecule has 0 aliphatic rings. The van der Waals surface area contributed by atoms with E-state index >= 15 is 0 Å². The number of halogens is 1. The quantitative estimate of drug-likeness (QED) is 0.346. The van der Waals surface area contributed by atoms with Crippen molar-refractivity contribution in [1.29, 1.82) is 0 Å². The maximum atomic E-state index is 8.24. The normalized spacial score (nSPS) is 11.6. The molecular weight excluding hydrogens is 204 g/mol. The number of nitrogens with two attached hydrogens (primary N) is 1. The Kier molecular flexibility index (Phi) is 4.22. The van der Waals surface area contributed by atoms with E-state index in [1.54, 1.807) is 12.1 Å². The van der Waals surface area contributed by atoms with Gasteiger partial charge in [-0.25, -0.2) is 0 Å². The Hall–Kier alpha value is -1.26. The molecule has 1 aromatic carbocycles. The maximum Gasteiger partial charge on any atom is 0.165 e. The van der Waals surface area contributed by atoms with Crippen molar-refractivity contribution in [2.24, 2.45) is 10.9 Å². The largest absolute Gasteiger partial charge is 0.409 e. The standard InChI is InChI=1S/C9H11ClN2O2/c10-8-3-1-2-7(4-8)5-14-6-9(11)12-13/h1-4,13H,5-6H2,(H2,11,12). The van der Waals surface area contributed by atoms with E-state index in [-0.39, 0.29) is 12.4 Å². The first-order valence-electron chi connectivity index (χ1n) is 4.01. The lowest BCUT2D eigenvalue weighted by Crippen LogP contribution is -2.18. The zero-order valence-electron chi connectivity index (χ0n) is 7.48. The number of amidine groups is 1. The molecule has 0 amide bonds. The highest BCUT2D eigenvalue weighted by molar-refractivity contribution is 6.30. The summed E-state index contributed by atoms with van der Waals surface area (Å²) < 4.78 is 5.15. The first-order valence-corrected chi connectivity index (χ1v) is 4.39. The van der Waals surface area contributed by atoms with Crippen LogP contribution in [0.4, 0.5) is 0 Å². The second-order valence-corrected chi connectivity index (χ2v) is 3.15. The van der Waals surface area contributed by atoms with Crippen LogP contribution in [0.2, 0.25) is 5.02 Å². The van der Waals surface area contributed by atoms with Crippen LogP contribution in [0, 0.1) is 0 Å². The summed E-state index contributed by atoms with van der Waals surface area (Å²) in [6, 6.07) is 7.31. The monoisotopic (exact) mass is 214 g/mol. The average molecular weight is 215 g/mol. The molecule has 76 valence electrons. The molecule has 0 aliphatic carbocycles. The first kappa shape index (κ1) is 10.8. The fourth-order valence-electron chi connectivity index (χ4n) is 0.929. The van der Waals surface area contributed by atoms with E-state index in [2.05, 4.69) is 5.16 Å². The summed E-state index contributed by atoms with van der Waals surface area (Å²) in [5.41, 5.74) is 6.16. The topological polar surface area (TPSA) is 67.8 Å². The number of hydrogen-bond donors (Lipinski definition) is 2. The van der Waals surface area contributed by atoms with Crippen LogP contribution in [0.15, 0.2) is 29.4 Å². The summed E-state index contributed by atoms with van der Waals surface area (Å²) in [4.78, 5) is 0. The van der Waals surface area contributed by atoms with E-state index in [1.165, 1.54) is 0 Å². The Bertz CT molecular complexity index is 328. The van der Waals surface area contributed by atoms with Crippen molar-refractivity contribution >= 4 is 17.4 Å². The van der Waals surface area contributed by atoms with Crippen LogP contribution in [0.3, 0.4) is 0 Å². The lowest BCUT2D eigenvalue weighted by molar-refractivity contribution is 0.154. The zero-order chi connectivity index (χ0) is 10.4. The third-order valence-electron chi connectivity index (χ3n) is 1.54. The lowest BCUT2D eigenvalue weighted by Gasteiger charge is -2.03. The average Bonchev–Trinajstić information content (AvgIpc) is 2.17. The number of rotatable bonds is 4. The predicted octanol–water partition coefficient (Wildman–Crippen LogP) is 1.60. The first-order chi connectivity index (χ1) is 6.72. The molecule has 0 unspecified atom stereocenters. The van der Waals surface area contributed by atoms with Crippen molar-refractivity contribution < 1.29 is 9.94 Å². The molecule has 0 saturated carbocycles. The lowest BCUT2D eigenvalue weighted by atomic mass is 10.2. The van der Waals surface area contributed by atoms with Gasteiger partial charge < -0.3 is 15.7 Å². The number of oxime groups is 1. The Morgan fingerprint density at radius 1 is 1.57 bits per heavy atom. The van der Waals surface area contributed by atoms with E-state index in [9.17, 15) is 0 Å². The van der Waals surface area contributed by atoms with Gasteiger partial charge in [0.1, 0.15) is 6.61 Å². The van der Waals surface area contributed by atoms with E-state index in [4.69, 9.17) is 27.3 Å². The Morgan fingerprint density at radius 3 is 3.00 bits per heavy atom. The fraction of sp³-hybridized carbons (Fsp3) is 0.222. The van der Waals surface area contributed by atoms with Gasteiger partial charge in [0.2, 0.25) is 0 Å². The second-order valence-electron chi connectivity index (χ2n) is 2.71. The van der Waals surface area contributed by atoms with Crippen LogP contribution >= 0.6 is 11.6 Å². The molecule has 14 heavy (non-hydrogen) atoms. The van der Waals surface area contributed by atoms with Gasteiger partial charge in [0.25, 0.3) is 0 Å². The van der Waals surface area contributed by atoms with Crippen molar-refractivity contribution in [1.82, 2.24) is 0 Å². The van der Waals surface area contributed by atoms with Crippen molar-refractivity contribution in [3.63, 3.8) is 0 Å². The van der Waals surface area contributed by atoms with Crippen molar-refractivity contribution in [3.8, 4) is 0 Å². The minimum absolute atomic E-state index is 0.0482. The Labute approximate surface area is 86.9 Å². The van der Waals surface area contributed by atoms with Gasteiger partial charge in [-0.1, -0.05) is 28.9 Å². The third-order valence-corrected chi connectivity index (χ3v) is 1.77. The van der Waals surface area contributed by atoms with Gasteiger partial charge in [0, 0.05) is 5.02 Å². The molecular formula is C9H11ClN2O2. The van der Waals surface area contributed by atoms with Gasteiger partial charge >= 0.3 is 0 Å². The molecule has 0 aliphatic heterocycles. The number of ether oxygens (including phenoxy) is 1. The van der Waals surface area contributed by atoms with Crippen molar-refractivity contribution in [3.05, 3.63) is 34.9 Å². The van der Waals surface area contributed by atoms with Crippen LogP contribution in [0.1, 0.15) is 5.56 Å². The Morgan fingerprint density at radius 2 is 2.36 bits per heavy atom. The van der Waals surface area contributed by atoms with E-state index in [0.29, 0.717) is 11.6 Å². The number of benzene rings is 1. The molecule has 0 heterocycles. The molecule has 0 atom stereocenters. The summed E-state index contributed by atoms with van der Waals surface area (Å²) in [7, 11) is 0. The minimum Gasteiger partial charge on any atom is -0.409 e. The predicted molar refractivity (Wildman–Crippen MR) is 54.5 cm³/mol. The van der Waals surface area contributed by atoms with Crippen LogP contribution in [-0.2, 0) is 11.3 Å². The van der Waals surface area contributed by atoms with Gasteiger partial charge in [-0.2, -0.15) is 0 Å². The molecule has 0 spiro atoms. The van der Waals surface area contributed by atoms with Gasteiger partial charge in [-0.05, 0) is 17.7 Å². The van der Waals surface area contributed by atoms with Crippen LogP contribution in [-0.4, -0.2) is 17.6 Å². The van der Waals surface area contributed by atoms with Gasteiger partial charge in [-0.15, -0.1) is 0 Å². The molecule has 1 rings (SSSR count). The highest BCUT2D eigenvalue weighted by Crippen LogP contribution is 2.11. The smallest absolute Gasteiger partial charge is 0.165 e. The highest BCUT2D eigenvalue weighted by Gasteiger charge is 1.96. The number of hydrogen-bond acceptors (Lipinski definition) is 3. The zero-order valence-corrected chi connectivity index (χ0v) is 8.24. The summed E-state index contributed by atoms with van der Waals surface area (Å²) in [6.07, 6.45) is 0. The SMILES string of the molecule is NC(COCc1cccc(Cl)c1)=NO. The highest BCUT2D eigenvalue weighted by atomic mass is 35.5. The number of nitrogens with zero attached hydrogens (tertiary/aromatic N) is 1. The fourth-order valence-corrected chi connectivity index (χ4v) is 1.14. The van der Waals surface area contributed by atoms with Gasteiger partial charge in [0.15, 0.2) is 5.84 Å². The molecule has 5 heteroatoms. The van der Waals surface area contributed by atoms with E-state index < -0.39 is 0 Å². The molecule has 3 N–H and O–H groups in total. The minimum atomic E-state index is 0.0482. The summed E-state index contributed by atoms with van der Waals surface area (Å²) in [5, 5.41) is 11.7. The summed E-state index contributed by atoms with van der Waals surface area (Å²) in [6.45, 7) is 0.486. The maximum absolute atomic E-state index is 8.24. The van der Waals surface area contributed by atoms with Crippen molar-refractivity contribution in [2.75, 3.05) is 6.61 Å². The third kappa shape index (κ3) is 3.64. The van der Waals surface area contributed by atoms with Crippen LogP contribution in [0.5, 0.6) is 0 Å². The second kappa shape index (κ2) is 5.47. The molecule has 0 bridgehead atoms. The molecule has 0 radical (unpaired) electrons. The molecule has 1 aromatic rings. The molecule has 0 aromatic heterocycles.